The van der Waals surface area contributed by atoms with Crippen LogP contribution in [0.4, 0.5) is 8.78 Å². The Labute approximate surface area is 195 Å². The Morgan fingerprint density at radius 1 is 0.970 bits per heavy atom. The van der Waals surface area contributed by atoms with Gasteiger partial charge >= 0.3 is 0 Å². The van der Waals surface area contributed by atoms with Crippen molar-refractivity contribution in [3.63, 3.8) is 0 Å². The number of hydrogen-bond donors (Lipinski definition) is 0. The van der Waals surface area contributed by atoms with E-state index < -0.39 is 11.6 Å². The summed E-state index contributed by atoms with van der Waals surface area (Å²) in [7, 11) is 0. The molecular weight excluding hydrogens is 426 g/mol. The lowest BCUT2D eigenvalue weighted by atomic mass is 9.99. The molecule has 0 bridgehead atoms. The van der Waals surface area contributed by atoms with Crippen LogP contribution in [-0.4, -0.2) is 61.6 Å². The summed E-state index contributed by atoms with van der Waals surface area (Å²) < 4.78 is 37.8. The zero-order valence-electron chi connectivity index (χ0n) is 19.8. The van der Waals surface area contributed by atoms with E-state index in [4.69, 9.17) is 9.47 Å². The summed E-state index contributed by atoms with van der Waals surface area (Å²) in [6, 6.07) is 11.3. The molecule has 0 spiro atoms. The van der Waals surface area contributed by atoms with Crippen LogP contribution in [0.1, 0.15) is 32.8 Å². The molecule has 33 heavy (non-hydrogen) atoms. The number of carbonyl (C=O) groups excluding carboxylic acids is 1. The van der Waals surface area contributed by atoms with Gasteiger partial charge in [0.2, 0.25) is 5.91 Å². The largest absolute Gasteiger partial charge is 0.493 e. The van der Waals surface area contributed by atoms with Crippen LogP contribution in [0.15, 0.2) is 42.5 Å². The fourth-order valence-electron chi connectivity index (χ4n) is 3.56. The predicted molar refractivity (Wildman–Crippen MR) is 125 cm³/mol. The van der Waals surface area contributed by atoms with Crippen LogP contribution in [0.3, 0.4) is 0 Å². The number of piperazine rings is 1. The molecule has 1 saturated heterocycles. The van der Waals surface area contributed by atoms with E-state index in [1.807, 2.05) is 29.2 Å². The van der Waals surface area contributed by atoms with Crippen LogP contribution in [-0.2, 0) is 11.2 Å². The third kappa shape index (κ3) is 8.31. The summed E-state index contributed by atoms with van der Waals surface area (Å²) in [4.78, 5) is 16.7. The van der Waals surface area contributed by atoms with Crippen molar-refractivity contribution in [3.05, 3.63) is 59.7 Å². The minimum absolute atomic E-state index is 0.0546. The minimum Gasteiger partial charge on any atom is -0.493 e. The second kappa shape index (κ2) is 11.5. The van der Waals surface area contributed by atoms with E-state index >= 15 is 0 Å². The lowest BCUT2D eigenvalue weighted by Crippen LogP contribution is -2.49. The first-order chi connectivity index (χ1) is 15.7. The fourth-order valence-corrected chi connectivity index (χ4v) is 3.56. The average Bonchev–Trinajstić information content (AvgIpc) is 2.78. The summed E-state index contributed by atoms with van der Waals surface area (Å²) in [5.74, 6) is -0.256. The number of nitrogens with zero attached hydrogens (tertiary/aromatic N) is 2. The molecule has 1 aliphatic heterocycles. The Bertz CT molecular complexity index is 905. The second-order valence-corrected chi connectivity index (χ2v) is 9.64. The summed E-state index contributed by atoms with van der Waals surface area (Å²) in [6.07, 6.45) is 1.19. The van der Waals surface area contributed by atoms with Gasteiger partial charge in [0.25, 0.3) is 0 Å². The first kappa shape index (κ1) is 25.0. The van der Waals surface area contributed by atoms with Gasteiger partial charge in [-0.2, -0.15) is 0 Å². The fraction of sp³-hybridized carbons (Fsp3) is 0.500. The van der Waals surface area contributed by atoms with Crippen molar-refractivity contribution in [3.8, 4) is 11.5 Å². The molecule has 1 heterocycles. The number of amides is 1. The molecule has 1 aliphatic rings. The highest BCUT2D eigenvalue weighted by Crippen LogP contribution is 2.19. The Kier molecular flexibility index (Phi) is 8.67. The van der Waals surface area contributed by atoms with Gasteiger partial charge in [-0.15, -0.1) is 0 Å². The second-order valence-electron chi connectivity index (χ2n) is 9.64. The van der Waals surface area contributed by atoms with Crippen molar-refractivity contribution in [1.29, 1.82) is 0 Å². The number of hydrogen-bond acceptors (Lipinski definition) is 4. The third-order valence-electron chi connectivity index (χ3n) is 5.51. The average molecular weight is 461 g/mol. The van der Waals surface area contributed by atoms with Gasteiger partial charge in [-0.3, -0.25) is 9.69 Å². The van der Waals surface area contributed by atoms with E-state index in [1.165, 1.54) is 12.1 Å². The maximum absolute atomic E-state index is 13.6. The summed E-state index contributed by atoms with van der Waals surface area (Å²) in [5, 5.41) is 0. The molecule has 0 atom stereocenters. The molecule has 0 N–H and O–H groups in total. The van der Waals surface area contributed by atoms with Gasteiger partial charge in [-0.05, 0) is 41.7 Å². The van der Waals surface area contributed by atoms with Crippen molar-refractivity contribution in [2.24, 2.45) is 5.41 Å². The Morgan fingerprint density at radius 3 is 2.30 bits per heavy atom. The van der Waals surface area contributed by atoms with Crippen molar-refractivity contribution in [2.45, 2.75) is 33.6 Å². The molecule has 0 unspecified atom stereocenters. The molecule has 3 rings (SSSR count). The summed E-state index contributed by atoms with van der Waals surface area (Å²) >= 11 is 0. The van der Waals surface area contributed by atoms with E-state index in [2.05, 4.69) is 25.7 Å². The maximum atomic E-state index is 13.6. The molecule has 1 amide bonds. The van der Waals surface area contributed by atoms with E-state index in [0.29, 0.717) is 45.7 Å². The lowest BCUT2D eigenvalue weighted by molar-refractivity contribution is -0.132. The molecule has 1 fully saturated rings. The van der Waals surface area contributed by atoms with Crippen molar-refractivity contribution in [1.82, 2.24) is 9.80 Å². The number of aryl methyl sites for hydroxylation is 1. The van der Waals surface area contributed by atoms with Gasteiger partial charge in [0, 0.05) is 45.2 Å². The van der Waals surface area contributed by atoms with Crippen molar-refractivity contribution >= 4 is 5.91 Å². The molecule has 2 aromatic carbocycles. The number of halogens is 2. The van der Waals surface area contributed by atoms with Gasteiger partial charge in [-0.1, -0.05) is 32.9 Å². The van der Waals surface area contributed by atoms with E-state index in [1.54, 1.807) is 0 Å². The number of carbonyl (C=O) groups is 1. The van der Waals surface area contributed by atoms with E-state index in [9.17, 15) is 13.6 Å². The maximum Gasteiger partial charge on any atom is 0.222 e. The molecule has 0 radical (unpaired) electrons. The van der Waals surface area contributed by atoms with Gasteiger partial charge < -0.3 is 14.4 Å². The minimum atomic E-state index is -0.697. The highest BCUT2D eigenvalue weighted by atomic mass is 19.1. The Balaban J connectivity index is 1.33. The normalized spacial score (nSPS) is 14.9. The van der Waals surface area contributed by atoms with Crippen LogP contribution in [0.2, 0.25) is 0 Å². The van der Waals surface area contributed by atoms with Crippen molar-refractivity contribution in [2.75, 3.05) is 45.9 Å². The van der Waals surface area contributed by atoms with Crippen molar-refractivity contribution < 1.29 is 23.0 Å². The molecule has 7 heteroatoms. The molecule has 0 saturated carbocycles. The highest BCUT2D eigenvalue weighted by Gasteiger charge is 2.21. The SMILES string of the molecule is CC(C)(C)COc1ccc(CCC(=O)N2CCN(CCOc3ccc(F)cc3F)CC2)cc1. The summed E-state index contributed by atoms with van der Waals surface area (Å²) in [5.41, 5.74) is 1.23. The van der Waals surface area contributed by atoms with Crippen LogP contribution in [0.5, 0.6) is 11.5 Å². The first-order valence-electron chi connectivity index (χ1n) is 11.5. The van der Waals surface area contributed by atoms with E-state index in [-0.39, 0.29) is 17.1 Å². The molecule has 5 nitrogen and oxygen atoms in total. The first-order valence-corrected chi connectivity index (χ1v) is 11.5. The molecular formula is C26H34F2N2O3. The van der Waals surface area contributed by atoms with Gasteiger partial charge in [0.1, 0.15) is 18.2 Å². The van der Waals surface area contributed by atoms with Crippen LogP contribution in [0.25, 0.3) is 0 Å². The van der Waals surface area contributed by atoms with Gasteiger partial charge in [-0.25, -0.2) is 8.78 Å². The molecule has 180 valence electrons. The third-order valence-corrected chi connectivity index (χ3v) is 5.51. The number of benzene rings is 2. The number of rotatable bonds is 9. The van der Waals surface area contributed by atoms with Gasteiger partial charge in [0.05, 0.1) is 6.61 Å². The lowest BCUT2D eigenvalue weighted by Gasteiger charge is -2.34. The highest BCUT2D eigenvalue weighted by molar-refractivity contribution is 5.76. The van der Waals surface area contributed by atoms with Gasteiger partial charge in [0.15, 0.2) is 11.6 Å². The molecule has 0 aromatic heterocycles. The Hall–Kier alpha value is -2.67. The van der Waals surface area contributed by atoms with Crippen LogP contribution in [0, 0.1) is 17.0 Å². The Morgan fingerprint density at radius 2 is 1.67 bits per heavy atom. The smallest absolute Gasteiger partial charge is 0.222 e. The number of ether oxygens (including phenoxy) is 2. The zero-order chi connectivity index (χ0) is 23.8. The predicted octanol–water partition coefficient (Wildman–Crippen LogP) is 4.55. The molecule has 0 aliphatic carbocycles. The zero-order valence-corrected chi connectivity index (χ0v) is 19.8. The van der Waals surface area contributed by atoms with Crippen LogP contribution < -0.4 is 9.47 Å². The quantitative estimate of drug-likeness (QED) is 0.551. The summed E-state index contributed by atoms with van der Waals surface area (Å²) in [6.45, 7) is 10.8. The topological polar surface area (TPSA) is 42.0 Å². The van der Waals surface area contributed by atoms with Crippen LogP contribution >= 0.6 is 0 Å². The molecule has 2 aromatic rings. The standard InChI is InChI=1S/C26H34F2N2O3/c1-26(2,3)19-33-22-8-4-20(5-9-22)6-11-25(31)30-14-12-29(13-15-30)16-17-32-24-10-7-21(27)18-23(24)28/h4-5,7-10,18H,6,11-17,19H2,1-3H3. The monoisotopic (exact) mass is 460 g/mol. The van der Waals surface area contributed by atoms with E-state index in [0.717, 1.165) is 30.5 Å².